The molecule has 0 radical (unpaired) electrons. The van der Waals surface area contributed by atoms with E-state index in [-0.39, 0.29) is 70.5 Å². The molecule has 0 aliphatic carbocycles. The van der Waals surface area contributed by atoms with E-state index >= 15 is 0 Å². The zero-order chi connectivity index (χ0) is 67.5. The van der Waals surface area contributed by atoms with Crippen LogP contribution < -0.4 is 55.6 Å². The average Bonchev–Trinajstić information content (AvgIpc) is 1.75. The van der Waals surface area contributed by atoms with Crippen LogP contribution in [0.15, 0.2) is 186 Å². The average molecular weight is 1330 g/mol. The Morgan fingerprint density at radius 3 is 1.54 bits per heavy atom. The number of carboxylic acids is 1. The number of nitrogens with two attached hydrogens (primary N) is 3. The highest BCUT2D eigenvalue weighted by Crippen LogP contribution is 2.24. The fourth-order valence-electron chi connectivity index (χ4n) is 8.74. The highest BCUT2D eigenvalue weighted by Gasteiger charge is 2.16. The molecule has 6 aromatic heterocycles. The number of carbonyl (C=O) groups excluding carboxylic acids is 6. The number of para-hydroxylation sites is 2. The van der Waals surface area contributed by atoms with Crippen molar-refractivity contribution in [2.45, 2.75) is 67.3 Å². The molecule has 0 unspecified atom stereocenters. The first kappa shape index (κ1) is 69.7. The van der Waals surface area contributed by atoms with Gasteiger partial charge in [-0.1, -0.05) is 84.9 Å². The number of thiophene rings is 4. The lowest BCUT2D eigenvalue weighted by molar-refractivity contribution is 0.0695. The van der Waals surface area contributed by atoms with E-state index < -0.39 is 11.7 Å². The number of nitrogens with one attached hydrogen (secondary N) is 4. The van der Waals surface area contributed by atoms with Crippen molar-refractivity contribution in [3.63, 3.8) is 0 Å². The van der Waals surface area contributed by atoms with Gasteiger partial charge in [-0.2, -0.15) is 0 Å². The number of anilines is 4. The van der Waals surface area contributed by atoms with Crippen LogP contribution in [0.25, 0.3) is 20.4 Å². The minimum absolute atomic E-state index is 0.00599. The molecule has 478 valence electrons. The van der Waals surface area contributed by atoms with Gasteiger partial charge in [-0.15, -0.1) is 45.3 Å². The van der Waals surface area contributed by atoms with Gasteiger partial charge in [-0.25, -0.2) is 19.2 Å². The van der Waals surface area contributed by atoms with Crippen molar-refractivity contribution in [3.05, 3.63) is 263 Å². The van der Waals surface area contributed by atoms with E-state index in [1.165, 1.54) is 82.8 Å². The van der Waals surface area contributed by atoms with Gasteiger partial charge in [0.1, 0.15) is 9.40 Å². The summed E-state index contributed by atoms with van der Waals surface area (Å²) in [5.74, 6) is -1.24. The molecule has 93 heavy (non-hydrogen) atoms. The molecule has 6 heterocycles. The number of nitrogen functional groups attached to an aromatic ring is 2. The SMILES string of the molecule is CC(=O)c1ccc(CN)cc1.CC(=O)c1ccc(CNC(=O)Nc2ccsc2C(C)=O)cc1.CC(=O)c1sccc1N.CCn1c(=O)n(Cc2ccc(C(=O)Nc3ccccc3N)cc2)c(=O)c2sccc21.O=C(O)c1ccc(Cn2c(=O)[nH]c3ccsc3c2=O)cc1. The molecule has 0 atom stereocenters. The standard InChI is InChI=1S/C22H20N4O3S.C16H16N2O3S.C14H10N2O4S.C9H11NO.C6H7NOS/c1-2-25-18-11-12-30-19(18)21(28)26(22(25)29)13-14-7-9-15(10-8-14)20(27)24-17-6-4-3-5-16(17)23;1-10(19)13-5-3-12(4-6-13)9-17-16(21)18-14-7-8-22-15(14)11(2)20;17-12-11-10(5-6-21-11)15-14(20)16(12)7-8-1-3-9(4-2-8)13(18)19;1-7(11)9-4-2-8(6-10)3-5-9;1-4(8)6-5(7)2-3-9-6/h3-12H,2,13,23H2,1H3,(H,24,27);3-8H,9H2,1-2H3,(H2,17,18,21);1-6H,7H2,(H,15,20)(H,18,19);2-5H,6,10H2,1H3;2-3H,7H2,1H3. The van der Waals surface area contributed by atoms with Crippen molar-refractivity contribution in [1.82, 2.24) is 24.0 Å². The van der Waals surface area contributed by atoms with Crippen molar-refractivity contribution >= 4 is 130 Å². The van der Waals surface area contributed by atoms with E-state index in [2.05, 4.69) is 20.9 Å². The van der Waals surface area contributed by atoms with Crippen molar-refractivity contribution in [2.24, 2.45) is 5.73 Å². The van der Waals surface area contributed by atoms with Crippen LogP contribution in [-0.4, -0.2) is 64.8 Å². The van der Waals surface area contributed by atoms with Crippen LogP contribution in [-0.2, 0) is 32.7 Å². The van der Waals surface area contributed by atoms with Gasteiger partial charge < -0.3 is 43.2 Å². The summed E-state index contributed by atoms with van der Waals surface area (Å²) in [6.07, 6.45) is 0. The molecule has 0 bridgehead atoms. The summed E-state index contributed by atoms with van der Waals surface area (Å²) >= 11 is 5.28. The number of fused-ring (bicyclic) bond motifs is 2. The highest BCUT2D eigenvalue weighted by atomic mass is 32.1. The summed E-state index contributed by atoms with van der Waals surface area (Å²) in [5.41, 5.74) is 23.9. The Labute approximate surface area is 547 Å². The zero-order valence-corrected chi connectivity index (χ0v) is 54.1. The van der Waals surface area contributed by atoms with Crippen LogP contribution in [0.2, 0.25) is 0 Å². The van der Waals surface area contributed by atoms with E-state index in [1.807, 2.05) is 29.8 Å². The molecule has 22 nitrogen and oxygen atoms in total. The number of amides is 3. The first-order chi connectivity index (χ1) is 44.5. The number of hydrogen-bond acceptors (Lipinski definition) is 18. The monoisotopic (exact) mass is 1330 g/mol. The third kappa shape index (κ3) is 18.7. The molecule has 0 saturated carbocycles. The predicted octanol–water partition coefficient (Wildman–Crippen LogP) is 11.0. The van der Waals surface area contributed by atoms with Gasteiger partial charge in [0.25, 0.3) is 17.0 Å². The molecule has 0 spiro atoms. The van der Waals surface area contributed by atoms with Crippen LogP contribution in [0, 0.1) is 0 Å². The summed E-state index contributed by atoms with van der Waals surface area (Å²) in [7, 11) is 0. The number of benzene rings is 5. The Hall–Kier alpha value is -10.8. The van der Waals surface area contributed by atoms with Gasteiger partial charge in [-0.05, 0) is 125 Å². The fraction of sp³-hybridized carbons (Fsp3) is 0.149. The predicted molar refractivity (Wildman–Crippen MR) is 369 cm³/mol. The number of carboxylic acid groups (broad SMARTS) is 1. The lowest BCUT2D eigenvalue weighted by atomic mass is 10.1. The molecule has 26 heteroatoms. The maximum Gasteiger partial charge on any atom is 0.335 e. The molecular weight excluding hydrogens is 1270 g/mol. The number of aromatic nitrogens is 4. The van der Waals surface area contributed by atoms with Gasteiger partial charge in [0, 0.05) is 50.2 Å². The van der Waals surface area contributed by atoms with Crippen LogP contribution >= 0.6 is 45.3 Å². The molecule has 3 amide bonds. The smallest absolute Gasteiger partial charge is 0.335 e. The molecule has 0 aliphatic rings. The Morgan fingerprint density at radius 1 is 0.495 bits per heavy atom. The number of hydrogen-bond donors (Lipinski definition) is 8. The number of aromatic carboxylic acids is 1. The lowest BCUT2D eigenvalue weighted by Gasteiger charge is -2.11. The number of H-pyrrole nitrogens is 1. The molecule has 5 aromatic carbocycles. The zero-order valence-electron chi connectivity index (χ0n) is 50.8. The second-order valence-corrected chi connectivity index (χ2v) is 23.9. The Morgan fingerprint density at radius 2 is 1.00 bits per heavy atom. The van der Waals surface area contributed by atoms with E-state index in [0.29, 0.717) is 89.3 Å². The van der Waals surface area contributed by atoms with Crippen LogP contribution in [0.4, 0.5) is 27.5 Å². The Kier molecular flexibility index (Phi) is 24.6. The largest absolute Gasteiger partial charge is 0.478 e. The molecule has 0 aliphatic heterocycles. The summed E-state index contributed by atoms with van der Waals surface area (Å²) in [6, 6.07) is 40.8. The first-order valence-electron chi connectivity index (χ1n) is 28.3. The van der Waals surface area contributed by atoms with E-state index in [1.54, 1.807) is 144 Å². The molecular formula is C67H64N10O12S4. The second-order valence-electron chi connectivity index (χ2n) is 20.3. The first-order valence-corrected chi connectivity index (χ1v) is 31.8. The van der Waals surface area contributed by atoms with Crippen LogP contribution in [0.3, 0.4) is 0 Å². The molecule has 11 N–H and O–H groups in total. The third-order valence-corrected chi connectivity index (χ3v) is 17.6. The molecule has 0 fully saturated rings. The summed E-state index contributed by atoms with van der Waals surface area (Å²) in [5, 5.41) is 24.1. The lowest BCUT2D eigenvalue weighted by Crippen LogP contribution is -2.39. The maximum absolute atomic E-state index is 12.8. The Balaban J connectivity index is 0.000000174. The van der Waals surface area contributed by atoms with Crippen molar-refractivity contribution in [1.29, 1.82) is 0 Å². The van der Waals surface area contributed by atoms with E-state index in [0.717, 1.165) is 26.8 Å². The maximum atomic E-state index is 12.8. The summed E-state index contributed by atoms with van der Waals surface area (Å²) < 4.78 is 5.00. The number of carbonyl (C=O) groups is 7. The summed E-state index contributed by atoms with van der Waals surface area (Å²) in [6.45, 7) is 9.50. The van der Waals surface area contributed by atoms with Gasteiger partial charge in [0.2, 0.25) is 0 Å². The van der Waals surface area contributed by atoms with Crippen molar-refractivity contribution in [2.75, 3.05) is 22.1 Å². The minimum atomic E-state index is -1.02. The molecule has 0 saturated heterocycles. The van der Waals surface area contributed by atoms with Gasteiger partial charge in [0.05, 0.1) is 62.2 Å². The van der Waals surface area contributed by atoms with E-state index in [9.17, 15) is 52.7 Å². The number of rotatable bonds is 16. The number of urea groups is 1. The van der Waals surface area contributed by atoms with Crippen molar-refractivity contribution in [3.8, 4) is 0 Å². The van der Waals surface area contributed by atoms with Crippen LogP contribution in [0.5, 0.6) is 0 Å². The second kappa shape index (κ2) is 32.8. The minimum Gasteiger partial charge on any atom is -0.478 e. The number of aromatic amines is 1. The highest BCUT2D eigenvalue weighted by molar-refractivity contribution is 7.17. The third-order valence-electron chi connectivity index (χ3n) is 13.7. The fourth-order valence-corrected chi connectivity index (χ4v) is 11.9. The number of ketones is 4. The quantitative estimate of drug-likeness (QED) is 0.0329. The van der Waals surface area contributed by atoms with Crippen molar-refractivity contribution < 1.29 is 38.7 Å². The van der Waals surface area contributed by atoms with Gasteiger partial charge >= 0.3 is 23.4 Å². The van der Waals surface area contributed by atoms with E-state index in [4.69, 9.17) is 22.3 Å². The normalized spacial score (nSPS) is 10.4. The van der Waals surface area contributed by atoms with Gasteiger partial charge in [-0.3, -0.25) is 47.3 Å². The van der Waals surface area contributed by atoms with Gasteiger partial charge in [0.15, 0.2) is 23.1 Å². The number of aryl methyl sites for hydroxylation is 1. The molecule has 11 rings (SSSR count). The number of nitrogens with zero attached hydrogens (tertiary/aromatic N) is 3. The summed E-state index contributed by atoms with van der Waals surface area (Å²) in [4.78, 5) is 133. The topological polar surface area (TPSA) is 353 Å². The number of Topliss-reactive ketones (excluding diaryl/α,β-unsaturated/α-hetero) is 4. The Bertz CT molecular complexity index is 4750. The van der Waals surface area contributed by atoms with Crippen LogP contribution in [0.1, 0.15) is 118 Å². The molecule has 11 aromatic rings.